The first-order valence-corrected chi connectivity index (χ1v) is 10.3. The molecule has 0 amide bonds. The van der Waals surface area contributed by atoms with Crippen molar-refractivity contribution in [3.63, 3.8) is 0 Å². The van der Waals surface area contributed by atoms with Gasteiger partial charge in [0.2, 0.25) is 0 Å². The molecule has 5 saturated carbocycles. The Hall–Kier alpha value is 0. The molecule has 0 nitrogen and oxygen atoms in total. The van der Waals surface area contributed by atoms with Crippen molar-refractivity contribution in [2.45, 2.75) is 84.5 Å². The fourth-order valence-corrected chi connectivity index (χ4v) is 7.63. The van der Waals surface area contributed by atoms with Crippen molar-refractivity contribution >= 4 is 0 Å². The smallest absolute Gasteiger partial charge is 0.0329 e. The number of rotatable bonds is 2. The fourth-order valence-electron chi connectivity index (χ4n) is 7.63. The highest BCUT2D eigenvalue weighted by atomic mass is 14.5. The highest BCUT2D eigenvalue weighted by molar-refractivity contribution is 4.97. The molecule has 6 atom stereocenters. The van der Waals surface area contributed by atoms with Crippen molar-refractivity contribution in [1.82, 2.24) is 0 Å². The molecule has 0 aromatic rings. The lowest BCUT2D eigenvalue weighted by atomic mass is 9.51. The van der Waals surface area contributed by atoms with Crippen LogP contribution in [0.5, 0.6) is 0 Å². The van der Waals surface area contributed by atoms with Gasteiger partial charge in [0.15, 0.2) is 0 Å². The molecule has 5 aliphatic carbocycles. The lowest BCUT2D eigenvalue weighted by Gasteiger charge is -2.54. The Balaban J connectivity index is 1.51. The topological polar surface area (TPSA) is 0 Å². The van der Waals surface area contributed by atoms with Crippen LogP contribution in [0.4, 0.5) is 0 Å². The summed E-state index contributed by atoms with van der Waals surface area (Å²) in [6.45, 7) is 5.31. The van der Waals surface area contributed by atoms with E-state index in [0.29, 0.717) is 0 Å². The van der Waals surface area contributed by atoms with Crippen molar-refractivity contribution < 1.29 is 0 Å². The van der Waals surface area contributed by atoms with Gasteiger partial charge in [0.1, 0.15) is 0 Å². The minimum Gasteiger partial charge on any atom is -0.0620 e. The molecule has 0 aromatic heterocycles. The highest BCUT2D eigenvalue weighted by Gasteiger charge is 2.47. The Labute approximate surface area is 132 Å². The van der Waals surface area contributed by atoms with Crippen LogP contribution in [-0.4, -0.2) is 0 Å². The van der Waals surface area contributed by atoms with E-state index in [0.717, 1.165) is 47.3 Å². The van der Waals surface area contributed by atoms with E-state index >= 15 is 0 Å². The molecule has 5 aliphatic rings. The third kappa shape index (κ3) is 2.49. The minimum atomic E-state index is 1.03. The van der Waals surface area contributed by atoms with Gasteiger partial charge >= 0.3 is 0 Å². The molecule has 5 fully saturated rings. The predicted molar refractivity (Wildman–Crippen MR) is 90.1 cm³/mol. The average molecular weight is 289 g/mol. The van der Waals surface area contributed by atoms with E-state index in [4.69, 9.17) is 0 Å². The van der Waals surface area contributed by atoms with Crippen LogP contribution in [-0.2, 0) is 0 Å². The van der Waals surface area contributed by atoms with Crippen LogP contribution in [0.15, 0.2) is 0 Å². The molecule has 120 valence electrons. The van der Waals surface area contributed by atoms with Gasteiger partial charge in [0.25, 0.3) is 0 Å². The third-order valence-electron chi connectivity index (χ3n) is 8.62. The summed E-state index contributed by atoms with van der Waals surface area (Å²) < 4.78 is 0. The first kappa shape index (κ1) is 14.6. The first-order valence-electron chi connectivity index (χ1n) is 10.3. The molecule has 6 unspecified atom stereocenters. The molecule has 0 heterocycles. The Morgan fingerprint density at radius 2 is 1.33 bits per heavy atom. The molecule has 0 aromatic carbocycles. The molecule has 0 N–H and O–H groups in total. The van der Waals surface area contributed by atoms with Gasteiger partial charge < -0.3 is 0 Å². The summed E-state index contributed by atoms with van der Waals surface area (Å²) in [6.07, 6.45) is 17.2. The van der Waals surface area contributed by atoms with Gasteiger partial charge in [-0.2, -0.15) is 0 Å². The van der Waals surface area contributed by atoms with E-state index in [1.807, 2.05) is 0 Å². The van der Waals surface area contributed by atoms with E-state index in [1.54, 1.807) is 57.8 Å². The highest BCUT2D eigenvalue weighted by Crippen LogP contribution is 2.56. The summed E-state index contributed by atoms with van der Waals surface area (Å²) in [5.74, 6) is 8.68. The third-order valence-corrected chi connectivity index (χ3v) is 8.62. The summed E-state index contributed by atoms with van der Waals surface area (Å²) in [7, 11) is 0. The van der Waals surface area contributed by atoms with E-state index < -0.39 is 0 Å². The lowest BCUT2D eigenvalue weighted by Crippen LogP contribution is -2.46. The Kier molecular flexibility index (Phi) is 4.09. The second-order valence-electron chi connectivity index (χ2n) is 9.27. The van der Waals surface area contributed by atoms with Crippen molar-refractivity contribution in [3.8, 4) is 0 Å². The molecule has 2 bridgehead atoms. The quantitative estimate of drug-likeness (QED) is 0.559. The molecule has 0 spiro atoms. The van der Waals surface area contributed by atoms with Crippen molar-refractivity contribution in [2.75, 3.05) is 0 Å². The van der Waals surface area contributed by atoms with Crippen molar-refractivity contribution in [2.24, 2.45) is 47.3 Å². The molecule has 21 heavy (non-hydrogen) atoms. The first-order chi connectivity index (χ1) is 10.3. The SMILES string of the molecule is CC1C2CCC(CC2)C1C(C)C1CCCC2CCCCC21. The van der Waals surface area contributed by atoms with Crippen LogP contribution in [0.25, 0.3) is 0 Å². The summed E-state index contributed by atoms with van der Waals surface area (Å²) in [5.41, 5.74) is 0. The minimum absolute atomic E-state index is 1.03. The number of fused-ring (bicyclic) bond motifs is 4. The Morgan fingerprint density at radius 3 is 2.10 bits per heavy atom. The summed E-state index contributed by atoms with van der Waals surface area (Å²) in [5, 5.41) is 0. The van der Waals surface area contributed by atoms with Gasteiger partial charge in [-0.1, -0.05) is 46.0 Å². The summed E-state index contributed by atoms with van der Waals surface area (Å²) >= 11 is 0. The molecule has 0 heteroatoms. The van der Waals surface area contributed by atoms with Gasteiger partial charge in [0, 0.05) is 0 Å². The lowest BCUT2D eigenvalue weighted by molar-refractivity contribution is -0.0446. The number of hydrogen-bond donors (Lipinski definition) is 0. The fraction of sp³-hybridized carbons (Fsp3) is 1.00. The van der Waals surface area contributed by atoms with Crippen LogP contribution in [0, 0.1) is 47.3 Å². The maximum absolute atomic E-state index is 2.68. The van der Waals surface area contributed by atoms with E-state index in [9.17, 15) is 0 Å². The number of hydrogen-bond acceptors (Lipinski definition) is 0. The van der Waals surface area contributed by atoms with Gasteiger partial charge in [-0.25, -0.2) is 0 Å². The predicted octanol–water partition coefficient (Wildman–Crippen LogP) is 6.30. The van der Waals surface area contributed by atoms with Gasteiger partial charge in [-0.3, -0.25) is 0 Å². The summed E-state index contributed by atoms with van der Waals surface area (Å²) in [4.78, 5) is 0. The normalized spacial score (nSPS) is 51.4. The van der Waals surface area contributed by atoms with E-state index in [2.05, 4.69) is 13.8 Å². The van der Waals surface area contributed by atoms with Gasteiger partial charge in [-0.15, -0.1) is 0 Å². The Morgan fingerprint density at radius 1 is 0.667 bits per heavy atom. The van der Waals surface area contributed by atoms with Crippen molar-refractivity contribution in [3.05, 3.63) is 0 Å². The largest absolute Gasteiger partial charge is 0.0620 e. The van der Waals surface area contributed by atoms with Crippen LogP contribution in [0.1, 0.15) is 84.5 Å². The zero-order valence-corrected chi connectivity index (χ0v) is 14.4. The molecule has 0 aliphatic heterocycles. The van der Waals surface area contributed by atoms with Crippen LogP contribution >= 0.6 is 0 Å². The van der Waals surface area contributed by atoms with E-state index in [1.165, 1.54) is 12.8 Å². The maximum atomic E-state index is 2.68. The second kappa shape index (κ2) is 5.89. The molecule has 0 saturated heterocycles. The van der Waals surface area contributed by atoms with E-state index in [-0.39, 0.29) is 0 Å². The van der Waals surface area contributed by atoms with Crippen LogP contribution < -0.4 is 0 Å². The maximum Gasteiger partial charge on any atom is -0.0329 e. The molecular weight excluding hydrogens is 252 g/mol. The monoisotopic (exact) mass is 288 g/mol. The van der Waals surface area contributed by atoms with Gasteiger partial charge in [0.05, 0.1) is 0 Å². The molecule has 5 rings (SSSR count). The second-order valence-corrected chi connectivity index (χ2v) is 9.27. The van der Waals surface area contributed by atoms with Gasteiger partial charge in [-0.05, 0) is 85.9 Å². The average Bonchev–Trinajstić information content (AvgIpc) is 2.55. The standard InChI is InChI=1S/C21H36/c1-14-16-10-12-18(13-11-16)21(14)15(2)19-9-5-7-17-6-3-4-8-20(17)19/h14-21H,3-13H2,1-2H3. The zero-order valence-electron chi connectivity index (χ0n) is 14.4. The van der Waals surface area contributed by atoms with Crippen LogP contribution in [0.3, 0.4) is 0 Å². The van der Waals surface area contributed by atoms with Crippen LogP contribution in [0.2, 0.25) is 0 Å². The Bertz CT molecular complexity index is 347. The molecular formula is C21H36. The summed E-state index contributed by atoms with van der Waals surface area (Å²) in [6, 6.07) is 0. The zero-order chi connectivity index (χ0) is 14.4. The van der Waals surface area contributed by atoms with Crippen molar-refractivity contribution in [1.29, 1.82) is 0 Å². The molecule has 0 radical (unpaired) electrons.